The molecule has 106 valence electrons. The molecule has 1 atom stereocenters. The van der Waals surface area contributed by atoms with E-state index in [4.69, 9.17) is 4.74 Å². The van der Waals surface area contributed by atoms with Gasteiger partial charge in [-0.2, -0.15) is 0 Å². The summed E-state index contributed by atoms with van der Waals surface area (Å²) < 4.78 is 5.61. The van der Waals surface area contributed by atoms with Crippen molar-refractivity contribution in [1.82, 2.24) is 4.90 Å². The van der Waals surface area contributed by atoms with Crippen LogP contribution in [0.25, 0.3) is 0 Å². The van der Waals surface area contributed by atoms with Crippen molar-refractivity contribution in [2.75, 3.05) is 20.6 Å². The summed E-state index contributed by atoms with van der Waals surface area (Å²) in [6.45, 7) is 5.20. The third-order valence-corrected chi connectivity index (χ3v) is 3.49. The van der Waals surface area contributed by atoms with Crippen LogP contribution in [0.3, 0.4) is 0 Å². The van der Waals surface area contributed by atoms with Gasteiger partial charge in [0.1, 0.15) is 6.10 Å². The molecule has 0 N–H and O–H groups in total. The predicted molar refractivity (Wildman–Crippen MR) is 78.9 cm³/mol. The third-order valence-electron chi connectivity index (χ3n) is 3.49. The zero-order valence-electron chi connectivity index (χ0n) is 12.0. The molecule has 4 heteroatoms. The first-order valence-corrected chi connectivity index (χ1v) is 6.34. The Morgan fingerprint density at radius 3 is 2.58 bits per heavy atom. The van der Waals surface area contributed by atoms with Crippen molar-refractivity contribution < 1.29 is 9.53 Å². The summed E-state index contributed by atoms with van der Waals surface area (Å²) in [7, 11) is 4.08. The van der Waals surface area contributed by atoms with E-state index in [1.165, 1.54) is 0 Å². The minimum Gasteiger partial charge on any atom is -0.458 e. The molecular weight excluding hydrogens is 262 g/mol. The summed E-state index contributed by atoms with van der Waals surface area (Å²) in [5, 5.41) is 0. The average molecular weight is 284 g/mol. The van der Waals surface area contributed by atoms with E-state index in [1.54, 1.807) is 0 Å². The van der Waals surface area contributed by atoms with Crippen LogP contribution >= 0.6 is 12.4 Å². The van der Waals surface area contributed by atoms with Gasteiger partial charge in [-0.25, -0.2) is 4.79 Å². The Morgan fingerprint density at radius 2 is 1.95 bits per heavy atom. The van der Waals surface area contributed by atoms with Gasteiger partial charge in [0, 0.05) is 18.4 Å². The first kappa shape index (κ1) is 16.0. The largest absolute Gasteiger partial charge is 0.458 e. The van der Waals surface area contributed by atoms with Crippen LogP contribution < -0.4 is 0 Å². The number of carbonyl (C=O) groups excluding carboxylic acids is 1. The molecule has 2 rings (SSSR count). The highest BCUT2D eigenvalue weighted by atomic mass is 35.5. The summed E-state index contributed by atoms with van der Waals surface area (Å²) in [6, 6.07) is 7.72. The van der Waals surface area contributed by atoms with Gasteiger partial charge in [0.15, 0.2) is 0 Å². The lowest BCUT2D eigenvalue weighted by atomic mass is 9.80. The molecule has 1 aliphatic heterocycles. The minimum absolute atomic E-state index is 0. The maximum Gasteiger partial charge on any atom is 0.338 e. The number of fused-ring (bicyclic) bond motifs is 1. The molecule has 1 aromatic carbocycles. The fourth-order valence-electron chi connectivity index (χ4n) is 2.68. The summed E-state index contributed by atoms with van der Waals surface area (Å²) in [4.78, 5) is 14.1. The molecule has 0 aliphatic carbocycles. The van der Waals surface area contributed by atoms with E-state index in [1.807, 2.05) is 38.4 Å². The first-order chi connectivity index (χ1) is 8.40. The Bertz CT molecular complexity index is 457. The molecule has 1 unspecified atom stereocenters. The van der Waals surface area contributed by atoms with Crippen molar-refractivity contribution in [2.24, 2.45) is 5.41 Å². The lowest BCUT2D eigenvalue weighted by Gasteiger charge is -2.38. The maximum absolute atomic E-state index is 12.0. The van der Waals surface area contributed by atoms with Crippen molar-refractivity contribution in [3.05, 3.63) is 35.4 Å². The highest BCUT2D eigenvalue weighted by Gasteiger charge is 2.37. The Balaban J connectivity index is 0.00000180. The molecule has 1 aliphatic rings. The number of halogens is 1. The van der Waals surface area contributed by atoms with E-state index in [0.717, 1.165) is 24.1 Å². The molecule has 0 saturated carbocycles. The number of ether oxygens (including phenoxy) is 1. The second kappa shape index (κ2) is 5.93. The molecule has 0 saturated heterocycles. The highest BCUT2D eigenvalue weighted by Crippen LogP contribution is 2.32. The van der Waals surface area contributed by atoms with Gasteiger partial charge in [0.25, 0.3) is 0 Å². The van der Waals surface area contributed by atoms with Crippen molar-refractivity contribution in [3.63, 3.8) is 0 Å². The quantitative estimate of drug-likeness (QED) is 0.799. The maximum atomic E-state index is 12.0. The average Bonchev–Trinajstić information content (AvgIpc) is 2.27. The van der Waals surface area contributed by atoms with Gasteiger partial charge in [-0.3, -0.25) is 0 Å². The topological polar surface area (TPSA) is 29.5 Å². The number of esters is 1. The van der Waals surface area contributed by atoms with E-state index < -0.39 is 0 Å². The molecular formula is C15H22ClNO2. The lowest BCUT2D eigenvalue weighted by molar-refractivity contribution is -0.0199. The minimum atomic E-state index is -0.186. The van der Waals surface area contributed by atoms with E-state index in [2.05, 4.69) is 18.7 Å². The highest BCUT2D eigenvalue weighted by molar-refractivity contribution is 5.92. The molecule has 0 bridgehead atoms. The Morgan fingerprint density at radius 1 is 1.32 bits per heavy atom. The Hall–Kier alpha value is -1.06. The monoisotopic (exact) mass is 283 g/mol. The Labute approximate surface area is 121 Å². The first-order valence-electron chi connectivity index (χ1n) is 6.34. The van der Waals surface area contributed by atoms with Crippen LogP contribution in [-0.2, 0) is 11.2 Å². The van der Waals surface area contributed by atoms with Crippen LogP contribution in [0.5, 0.6) is 0 Å². The molecule has 1 aromatic rings. The zero-order valence-corrected chi connectivity index (χ0v) is 12.8. The molecule has 1 heterocycles. The van der Waals surface area contributed by atoms with Crippen LogP contribution in [0.1, 0.15) is 29.8 Å². The number of carbonyl (C=O) groups is 1. The van der Waals surface area contributed by atoms with Crippen LogP contribution in [0.4, 0.5) is 0 Å². The van der Waals surface area contributed by atoms with E-state index in [9.17, 15) is 4.79 Å². The molecule has 0 aromatic heterocycles. The smallest absolute Gasteiger partial charge is 0.338 e. The molecule has 0 radical (unpaired) electrons. The Kier molecular flexibility index (Phi) is 4.99. The lowest BCUT2D eigenvalue weighted by Crippen LogP contribution is -2.44. The van der Waals surface area contributed by atoms with Gasteiger partial charge in [-0.1, -0.05) is 32.0 Å². The van der Waals surface area contributed by atoms with Crippen molar-refractivity contribution in [3.8, 4) is 0 Å². The standard InChI is InChI=1S/C15H21NO2.ClH/c1-15(2,10-16(3)4)13-9-11-7-5-6-8-12(11)14(17)18-13;/h5-8,13H,9-10H2,1-4H3;1H. The van der Waals surface area contributed by atoms with Crippen LogP contribution in [0.15, 0.2) is 24.3 Å². The fraction of sp³-hybridized carbons (Fsp3) is 0.533. The van der Waals surface area contributed by atoms with Crippen LogP contribution in [0.2, 0.25) is 0 Å². The van der Waals surface area contributed by atoms with Gasteiger partial charge in [-0.05, 0) is 25.7 Å². The normalized spacial score (nSPS) is 18.6. The van der Waals surface area contributed by atoms with Crippen molar-refractivity contribution >= 4 is 18.4 Å². The fourth-order valence-corrected chi connectivity index (χ4v) is 2.68. The summed E-state index contributed by atoms with van der Waals surface area (Å²) in [5.74, 6) is -0.186. The van der Waals surface area contributed by atoms with E-state index in [0.29, 0.717) is 0 Å². The second-order valence-corrected chi connectivity index (χ2v) is 5.98. The number of hydrogen-bond donors (Lipinski definition) is 0. The SMILES string of the molecule is CN(C)CC(C)(C)C1Cc2ccccc2C(=O)O1.Cl. The van der Waals surface area contributed by atoms with Crippen LogP contribution in [-0.4, -0.2) is 37.6 Å². The van der Waals surface area contributed by atoms with Crippen molar-refractivity contribution in [2.45, 2.75) is 26.4 Å². The van der Waals surface area contributed by atoms with E-state index in [-0.39, 0.29) is 29.9 Å². The van der Waals surface area contributed by atoms with Gasteiger partial charge in [0.2, 0.25) is 0 Å². The number of cyclic esters (lactones) is 1. The molecule has 0 spiro atoms. The summed E-state index contributed by atoms with van der Waals surface area (Å²) >= 11 is 0. The number of hydrogen-bond acceptors (Lipinski definition) is 3. The van der Waals surface area contributed by atoms with Gasteiger partial charge >= 0.3 is 5.97 Å². The zero-order chi connectivity index (χ0) is 13.3. The van der Waals surface area contributed by atoms with Crippen LogP contribution in [0, 0.1) is 5.41 Å². The predicted octanol–water partition coefficient (Wildman–Crippen LogP) is 2.78. The molecule has 0 fully saturated rings. The molecule has 19 heavy (non-hydrogen) atoms. The number of nitrogens with zero attached hydrogens (tertiary/aromatic N) is 1. The summed E-state index contributed by atoms with van der Waals surface area (Å²) in [6.07, 6.45) is 0.755. The van der Waals surface area contributed by atoms with Crippen molar-refractivity contribution in [1.29, 1.82) is 0 Å². The van der Waals surface area contributed by atoms with E-state index >= 15 is 0 Å². The van der Waals surface area contributed by atoms with Gasteiger partial charge < -0.3 is 9.64 Å². The number of rotatable bonds is 3. The number of benzene rings is 1. The second-order valence-electron chi connectivity index (χ2n) is 5.98. The molecule has 0 amide bonds. The molecule has 3 nitrogen and oxygen atoms in total. The van der Waals surface area contributed by atoms with Gasteiger partial charge in [0.05, 0.1) is 5.56 Å². The van der Waals surface area contributed by atoms with Gasteiger partial charge in [-0.15, -0.1) is 12.4 Å². The summed E-state index contributed by atoms with van der Waals surface area (Å²) in [5.41, 5.74) is 1.77. The third kappa shape index (κ3) is 3.48.